The van der Waals surface area contributed by atoms with Gasteiger partial charge in [-0.05, 0) is 25.3 Å². The van der Waals surface area contributed by atoms with Crippen LogP contribution < -0.4 is 5.32 Å². The molecule has 2 rings (SSSR count). The highest BCUT2D eigenvalue weighted by Gasteiger charge is 2.09. The molecule has 0 fully saturated rings. The van der Waals surface area contributed by atoms with Crippen molar-refractivity contribution in [3.8, 4) is 0 Å². The van der Waals surface area contributed by atoms with E-state index in [0.717, 1.165) is 19.4 Å². The van der Waals surface area contributed by atoms with Crippen LogP contribution in [0.5, 0.6) is 0 Å². The van der Waals surface area contributed by atoms with Crippen molar-refractivity contribution in [3.63, 3.8) is 0 Å². The zero-order valence-electron chi connectivity index (χ0n) is 11.9. The highest BCUT2D eigenvalue weighted by atomic mass is 32.1. The van der Waals surface area contributed by atoms with Crippen LogP contribution in [0.1, 0.15) is 47.3 Å². The van der Waals surface area contributed by atoms with Gasteiger partial charge in [0.05, 0.1) is 5.01 Å². The van der Waals surface area contributed by atoms with Gasteiger partial charge in [-0.2, -0.15) is 0 Å². The second-order valence-electron chi connectivity index (χ2n) is 4.83. The Morgan fingerprint density at radius 2 is 1.95 bits per heavy atom. The molecule has 0 spiro atoms. The Hall–Kier alpha value is -1.19. The molecule has 0 aliphatic rings. The van der Waals surface area contributed by atoms with E-state index in [2.05, 4.69) is 55.3 Å². The van der Waals surface area contributed by atoms with E-state index in [0.29, 0.717) is 6.04 Å². The molecule has 0 amide bonds. The SMILES string of the molecule is CCc1ncc(CNC(CC)c2ccc(C)cc2)s1. The van der Waals surface area contributed by atoms with E-state index in [1.165, 1.54) is 21.0 Å². The second kappa shape index (κ2) is 6.83. The first-order valence-corrected chi connectivity index (χ1v) is 7.78. The van der Waals surface area contributed by atoms with Gasteiger partial charge in [0.25, 0.3) is 0 Å². The van der Waals surface area contributed by atoms with Gasteiger partial charge in [-0.25, -0.2) is 4.98 Å². The zero-order chi connectivity index (χ0) is 13.7. The van der Waals surface area contributed by atoms with Gasteiger partial charge in [-0.1, -0.05) is 43.7 Å². The molecule has 0 saturated heterocycles. The fraction of sp³-hybridized carbons (Fsp3) is 0.438. The van der Waals surface area contributed by atoms with Crippen LogP contribution in [0.2, 0.25) is 0 Å². The number of aryl methyl sites for hydroxylation is 2. The maximum Gasteiger partial charge on any atom is 0.0925 e. The van der Waals surface area contributed by atoms with E-state index in [4.69, 9.17) is 0 Å². The number of thiazole rings is 1. The fourth-order valence-corrected chi connectivity index (χ4v) is 2.93. The topological polar surface area (TPSA) is 24.9 Å². The molecule has 1 atom stereocenters. The number of hydrogen-bond donors (Lipinski definition) is 1. The third kappa shape index (κ3) is 3.88. The molecule has 19 heavy (non-hydrogen) atoms. The Labute approximate surface area is 119 Å². The Morgan fingerprint density at radius 3 is 2.53 bits per heavy atom. The number of nitrogens with zero attached hydrogens (tertiary/aromatic N) is 1. The van der Waals surface area contributed by atoms with Gasteiger partial charge < -0.3 is 5.32 Å². The van der Waals surface area contributed by atoms with Gasteiger partial charge in [0.15, 0.2) is 0 Å². The van der Waals surface area contributed by atoms with Crippen LogP contribution in [0.3, 0.4) is 0 Å². The molecule has 1 heterocycles. The van der Waals surface area contributed by atoms with E-state index >= 15 is 0 Å². The molecule has 0 radical (unpaired) electrons. The standard InChI is InChI=1S/C16H22N2S/c1-4-15(13-8-6-12(3)7-9-13)17-10-14-11-18-16(5-2)19-14/h6-9,11,15,17H,4-5,10H2,1-3H3. The first-order valence-electron chi connectivity index (χ1n) is 6.96. The highest BCUT2D eigenvalue weighted by Crippen LogP contribution is 2.19. The number of hydrogen-bond acceptors (Lipinski definition) is 3. The van der Waals surface area contributed by atoms with Crippen molar-refractivity contribution < 1.29 is 0 Å². The summed E-state index contributed by atoms with van der Waals surface area (Å²) in [6.45, 7) is 7.41. The summed E-state index contributed by atoms with van der Waals surface area (Å²) in [5, 5.41) is 4.85. The van der Waals surface area contributed by atoms with Gasteiger partial charge in [-0.15, -0.1) is 11.3 Å². The van der Waals surface area contributed by atoms with Crippen LogP contribution in [0.25, 0.3) is 0 Å². The lowest BCUT2D eigenvalue weighted by Crippen LogP contribution is -2.19. The van der Waals surface area contributed by atoms with Gasteiger partial charge in [0, 0.05) is 23.7 Å². The van der Waals surface area contributed by atoms with E-state index in [1.807, 2.05) is 17.5 Å². The van der Waals surface area contributed by atoms with Gasteiger partial charge in [-0.3, -0.25) is 0 Å². The van der Waals surface area contributed by atoms with Gasteiger partial charge in [0.1, 0.15) is 0 Å². The quantitative estimate of drug-likeness (QED) is 0.851. The number of rotatable bonds is 6. The van der Waals surface area contributed by atoms with Crippen molar-refractivity contribution in [1.82, 2.24) is 10.3 Å². The molecule has 0 aliphatic heterocycles. The molecule has 1 unspecified atom stereocenters. The van der Waals surface area contributed by atoms with Crippen molar-refractivity contribution in [1.29, 1.82) is 0 Å². The largest absolute Gasteiger partial charge is 0.305 e. The van der Waals surface area contributed by atoms with Gasteiger partial charge >= 0.3 is 0 Å². The fourth-order valence-electron chi connectivity index (χ4n) is 2.11. The Kier molecular flexibility index (Phi) is 5.11. The molecule has 102 valence electrons. The summed E-state index contributed by atoms with van der Waals surface area (Å²) in [5.74, 6) is 0. The average molecular weight is 274 g/mol. The monoisotopic (exact) mass is 274 g/mol. The lowest BCUT2D eigenvalue weighted by atomic mass is 10.0. The third-order valence-electron chi connectivity index (χ3n) is 3.31. The molecule has 0 aliphatic carbocycles. The number of benzene rings is 1. The maximum absolute atomic E-state index is 4.40. The molecular formula is C16H22N2S. The van der Waals surface area contributed by atoms with E-state index < -0.39 is 0 Å². The molecule has 2 aromatic rings. The molecule has 0 bridgehead atoms. The summed E-state index contributed by atoms with van der Waals surface area (Å²) in [6.07, 6.45) is 4.13. The summed E-state index contributed by atoms with van der Waals surface area (Å²) >= 11 is 1.81. The van der Waals surface area contributed by atoms with Crippen LogP contribution in [0, 0.1) is 6.92 Å². The van der Waals surface area contributed by atoms with Crippen molar-refractivity contribution in [2.75, 3.05) is 0 Å². The van der Waals surface area contributed by atoms with Crippen LogP contribution in [-0.2, 0) is 13.0 Å². The first-order chi connectivity index (χ1) is 9.22. The molecule has 2 nitrogen and oxygen atoms in total. The number of aromatic nitrogens is 1. The molecule has 1 aromatic carbocycles. The Balaban J connectivity index is 1.97. The first kappa shape index (κ1) is 14.2. The van der Waals surface area contributed by atoms with Crippen molar-refractivity contribution in [2.24, 2.45) is 0 Å². The smallest absolute Gasteiger partial charge is 0.0925 e. The maximum atomic E-state index is 4.40. The number of nitrogens with one attached hydrogen (secondary N) is 1. The predicted molar refractivity (Wildman–Crippen MR) is 82.5 cm³/mol. The summed E-state index contributed by atoms with van der Waals surface area (Å²) in [7, 11) is 0. The Morgan fingerprint density at radius 1 is 1.21 bits per heavy atom. The lowest BCUT2D eigenvalue weighted by molar-refractivity contribution is 0.521. The van der Waals surface area contributed by atoms with E-state index in [1.54, 1.807) is 0 Å². The van der Waals surface area contributed by atoms with Gasteiger partial charge in [0.2, 0.25) is 0 Å². The summed E-state index contributed by atoms with van der Waals surface area (Å²) in [6, 6.07) is 9.23. The highest BCUT2D eigenvalue weighted by molar-refractivity contribution is 7.11. The van der Waals surface area contributed by atoms with Crippen LogP contribution in [0.15, 0.2) is 30.5 Å². The van der Waals surface area contributed by atoms with E-state index in [-0.39, 0.29) is 0 Å². The zero-order valence-corrected chi connectivity index (χ0v) is 12.8. The molecule has 1 N–H and O–H groups in total. The minimum absolute atomic E-state index is 0.424. The lowest BCUT2D eigenvalue weighted by Gasteiger charge is -2.17. The Bertz CT molecular complexity index is 502. The minimum atomic E-state index is 0.424. The molecular weight excluding hydrogens is 252 g/mol. The molecule has 0 saturated carbocycles. The van der Waals surface area contributed by atoms with Crippen LogP contribution >= 0.6 is 11.3 Å². The third-order valence-corrected chi connectivity index (χ3v) is 4.46. The normalized spacial score (nSPS) is 12.6. The van der Waals surface area contributed by atoms with E-state index in [9.17, 15) is 0 Å². The average Bonchev–Trinajstić information content (AvgIpc) is 2.89. The predicted octanol–water partition coefficient (Wildman–Crippen LogP) is 4.25. The summed E-state index contributed by atoms with van der Waals surface area (Å²) in [5.41, 5.74) is 2.68. The van der Waals surface area contributed by atoms with Crippen molar-refractivity contribution >= 4 is 11.3 Å². The summed E-state index contributed by atoms with van der Waals surface area (Å²) < 4.78 is 0. The van der Waals surface area contributed by atoms with Crippen LogP contribution in [-0.4, -0.2) is 4.98 Å². The molecule has 1 aromatic heterocycles. The minimum Gasteiger partial charge on any atom is -0.305 e. The molecule has 3 heteroatoms. The van der Waals surface area contributed by atoms with Crippen molar-refractivity contribution in [3.05, 3.63) is 51.5 Å². The summed E-state index contributed by atoms with van der Waals surface area (Å²) in [4.78, 5) is 5.72. The van der Waals surface area contributed by atoms with Crippen molar-refractivity contribution in [2.45, 2.75) is 46.2 Å². The second-order valence-corrected chi connectivity index (χ2v) is 6.03. The van der Waals surface area contributed by atoms with Crippen LogP contribution in [0.4, 0.5) is 0 Å².